The van der Waals surface area contributed by atoms with Crippen LogP contribution in [0, 0.1) is 20.8 Å². The highest BCUT2D eigenvalue weighted by Crippen LogP contribution is 2.42. The molecule has 3 heteroatoms. The first-order valence-corrected chi connectivity index (χ1v) is 5.95. The Kier molecular flexibility index (Phi) is 1.57. The van der Waals surface area contributed by atoms with E-state index in [-0.39, 0.29) is 0 Å². The molecule has 0 aromatic carbocycles. The van der Waals surface area contributed by atoms with Crippen molar-refractivity contribution < 1.29 is 0 Å². The van der Waals surface area contributed by atoms with Crippen LogP contribution in [0.1, 0.15) is 40.7 Å². The van der Waals surface area contributed by atoms with E-state index in [1.54, 1.807) is 0 Å². The van der Waals surface area contributed by atoms with Gasteiger partial charge in [-0.3, -0.25) is 4.40 Å². The number of thiazole rings is 1. The van der Waals surface area contributed by atoms with E-state index in [0.29, 0.717) is 0 Å². The smallest absolute Gasteiger partial charge is 0.194 e. The zero-order valence-corrected chi connectivity index (χ0v) is 9.61. The number of aromatic nitrogens is 2. The molecule has 0 radical (unpaired) electrons. The van der Waals surface area contributed by atoms with Crippen LogP contribution >= 0.6 is 11.3 Å². The molecule has 2 nitrogen and oxygen atoms in total. The van der Waals surface area contributed by atoms with Crippen molar-refractivity contribution in [3.8, 4) is 0 Å². The van der Waals surface area contributed by atoms with Gasteiger partial charge in [0.1, 0.15) is 0 Å². The lowest BCUT2D eigenvalue weighted by molar-refractivity contribution is 0.989. The van der Waals surface area contributed by atoms with Crippen LogP contribution in [0.2, 0.25) is 0 Å². The van der Waals surface area contributed by atoms with Crippen LogP contribution in [0.25, 0.3) is 4.96 Å². The van der Waals surface area contributed by atoms with Gasteiger partial charge in [-0.05, 0) is 33.6 Å². The van der Waals surface area contributed by atoms with Crippen molar-refractivity contribution in [3.05, 3.63) is 22.0 Å². The van der Waals surface area contributed by atoms with Crippen LogP contribution in [0.15, 0.2) is 0 Å². The molecule has 3 rings (SSSR count). The second-order valence-electron chi connectivity index (χ2n) is 4.22. The third-order valence-electron chi connectivity index (χ3n) is 3.17. The summed E-state index contributed by atoms with van der Waals surface area (Å²) in [7, 11) is 0. The van der Waals surface area contributed by atoms with Crippen LogP contribution in [0.4, 0.5) is 0 Å². The van der Waals surface area contributed by atoms with Gasteiger partial charge >= 0.3 is 0 Å². The fourth-order valence-corrected chi connectivity index (χ4v) is 3.09. The molecule has 0 unspecified atom stereocenters. The first kappa shape index (κ1) is 8.48. The fourth-order valence-electron chi connectivity index (χ4n) is 2.07. The summed E-state index contributed by atoms with van der Waals surface area (Å²) in [6, 6.07) is 0. The van der Waals surface area contributed by atoms with Crippen LogP contribution in [0.5, 0.6) is 0 Å². The third kappa shape index (κ3) is 0.989. The molecule has 0 saturated heterocycles. The largest absolute Gasteiger partial charge is 0.292 e. The molecule has 2 aromatic rings. The predicted molar refractivity (Wildman–Crippen MR) is 59.3 cm³/mol. The van der Waals surface area contributed by atoms with Crippen molar-refractivity contribution in [2.24, 2.45) is 0 Å². The summed E-state index contributed by atoms with van der Waals surface area (Å²) in [5, 5.41) is 0. The Morgan fingerprint density at radius 2 is 1.93 bits per heavy atom. The number of hydrogen-bond donors (Lipinski definition) is 0. The molecule has 1 aliphatic rings. The number of hydrogen-bond acceptors (Lipinski definition) is 2. The molecular weight excluding hydrogens is 192 g/mol. The maximum Gasteiger partial charge on any atom is 0.194 e. The maximum absolute atomic E-state index is 4.74. The highest BCUT2D eigenvalue weighted by atomic mass is 32.1. The van der Waals surface area contributed by atoms with Gasteiger partial charge in [0, 0.05) is 22.2 Å². The average Bonchev–Trinajstić information content (AvgIpc) is 2.87. The van der Waals surface area contributed by atoms with Gasteiger partial charge in [-0.25, -0.2) is 4.98 Å². The van der Waals surface area contributed by atoms with E-state index >= 15 is 0 Å². The predicted octanol–water partition coefficient (Wildman–Crippen LogP) is 3.20. The van der Waals surface area contributed by atoms with Gasteiger partial charge < -0.3 is 0 Å². The zero-order valence-electron chi connectivity index (χ0n) is 8.79. The van der Waals surface area contributed by atoms with Crippen LogP contribution < -0.4 is 0 Å². The van der Waals surface area contributed by atoms with Crippen molar-refractivity contribution in [2.75, 3.05) is 0 Å². The van der Waals surface area contributed by atoms with Gasteiger partial charge in [0.2, 0.25) is 0 Å². The van der Waals surface area contributed by atoms with E-state index in [2.05, 4.69) is 25.2 Å². The van der Waals surface area contributed by atoms with E-state index in [1.807, 2.05) is 11.3 Å². The van der Waals surface area contributed by atoms with Crippen molar-refractivity contribution in [3.63, 3.8) is 0 Å². The zero-order chi connectivity index (χ0) is 9.87. The van der Waals surface area contributed by atoms with E-state index in [4.69, 9.17) is 4.98 Å². The van der Waals surface area contributed by atoms with Gasteiger partial charge in [0.25, 0.3) is 0 Å². The Balaban J connectivity index is 2.31. The Labute approximate surface area is 87.6 Å². The highest BCUT2D eigenvalue weighted by Gasteiger charge is 2.29. The lowest BCUT2D eigenvalue weighted by atomic mass is 10.2. The molecule has 2 heterocycles. The minimum atomic E-state index is 0.766. The van der Waals surface area contributed by atoms with Crippen LogP contribution in [-0.4, -0.2) is 9.38 Å². The van der Waals surface area contributed by atoms with E-state index < -0.39 is 0 Å². The number of nitrogens with zero attached hydrogens (tertiary/aromatic N) is 2. The van der Waals surface area contributed by atoms with E-state index in [9.17, 15) is 0 Å². The Hall–Kier alpha value is -0.830. The summed E-state index contributed by atoms with van der Waals surface area (Å²) in [5.41, 5.74) is 4.07. The summed E-state index contributed by atoms with van der Waals surface area (Å²) in [6.07, 6.45) is 2.67. The third-order valence-corrected chi connectivity index (χ3v) is 4.22. The first-order valence-electron chi connectivity index (χ1n) is 5.13. The Morgan fingerprint density at radius 3 is 2.50 bits per heavy atom. The molecule has 2 aromatic heterocycles. The lowest BCUT2D eigenvalue weighted by Crippen LogP contribution is -1.90. The second kappa shape index (κ2) is 2.60. The summed E-state index contributed by atoms with van der Waals surface area (Å²) < 4.78 is 2.31. The van der Waals surface area contributed by atoms with Gasteiger partial charge in [0.05, 0.1) is 5.69 Å². The molecule has 1 saturated carbocycles. The van der Waals surface area contributed by atoms with Gasteiger partial charge in [-0.1, -0.05) is 0 Å². The van der Waals surface area contributed by atoms with Gasteiger partial charge in [0.15, 0.2) is 4.96 Å². The summed E-state index contributed by atoms with van der Waals surface area (Å²) in [5.74, 6) is 0.766. The molecule has 0 amide bonds. The molecule has 1 aliphatic carbocycles. The Morgan fingerprint density at radius 1 is 1.21 bits per heavy atom. The molecule has 74 valence electrons. The minimum Gasteiger partial charge on any atom is -0.292 e. The summed E-state index contributed by atoms with van der Waals surface area (Å²) >= 11 is 1.81. The maximum atomic E-state index is 4.74. The van der Waals surface area contributed by atoms with Gasteiger partial charge in [-0.2, -0.15) is 0 Å². The second-order valence-corrected chi connectivity index (χ2v) is 5.40. The van der Waals surface area contributed by atoms with Crippen molar-refractivity contribution in [1.29, 1.82) is 0 Å². The topological polar surface area (TPSA) is 17.3 Å². The fraction of sp³-hybridized carbons (Fsp3) is 0.545. The van der Waals surface area contributed by atoms with Gasteiger partial charge in [-0.15, -0.1) is 11.3 Å². The van der Waals surface area contributed by atoms with E-state index in [1.165, 1.54) is 39.8 Å². The summed E-state index contributed by atoms with van der Waals surface area (Å²) in [6.45, 7) is 6.56. The monoisotopic (exact) mass is 206 g/mol. The highest BCUT2D eigenvalue weighted by molar-refractivity contribution is 7.17. The molecular formula is C11H14N2S. The molecule has 0 N–H and O–H groups in total. The molecule has 0 atom stereocenters. The van der Waals surface area contributed by atoms with Crippen LogP contribution in [0.3, 0.4) is 0 Å². The lowest BCUT2D eigenvalue weighted by Gasteiger charge is -1.97. The number of rotatable bonds is 1. The Bertz CT molecular complexity index is 503. The van der Waals surface area contributed by atoms with Crippen molar-refractivity contribution in [2.45, 2.75) is 39.5 Å². The standard InChI is InChI=1S/C11H14N2S/c1-6-8(3)14-11-12-10(9-4-5-9)7(2)13(6)11/h9H,4-5H2,1-3H3. The molecule has 1 fully saturated rings. The normalized spacial score (nSPS) is 16.8. The molecule has 0 spiro atoms. The van der Waals surface area contributed by atoms with Crippen LogP contribution in [-0.2, 0) is 0 Å². The quantitative estimate of drug-likeness (QED) is 0.700. The number of imidazole rings is 1. The number of aryl methyl sites for hydroxylation is 3. The molecule has 14 heavy (non-hydrogen) atoms. The van der Waals surface area contributed by atoms with E-state index in [0.717, 1.165) is 5.92 Å². The summed E-state index contributed by atoms with van der Waals surface area (Å²) in [4.78, 5) is 7.30. The molecule has 0 bridgehead atoms. The SMILES string of the molecule is Cc1sc2nc(C3CC3)c(C)n2c1C. The number of fused-ring (bicyclic) bond motifs is 1. The average molecular weight is 206 g/mol. The van der Waals surface area contributed by atoms with Crippen molar-refractivity contribution >= 4 is 16.3 Å². The minimum absolute atomic E-state index is 0.766. The first-order chi connectivity index (χ1) is 6.68. The van der Waals surface area contributed by atoms with Crippen molar-refractivity contribution in [1.82, 2.24) is 9.38 Å². The molecule has 0 aliphatic heterocycles.